The molecule has 112 valence electrons. The van der Waals surface area contributed by atoms with Gasteiger partial charge in [0.25, 0.3) is 0 Å². The molecular formula is C15H15BrFNO3. The molecule has 1 unspecified atom stereocenters. The van der Waals surface area contributed by atoms with Crippen molar-refractivity contribution in [3.05, 3.63) is 57.7 Å². The maximum Gasteiger partial charge on any atom is 0.373 e. The van der Waals surface area contributed by atoms with Crippen LogP contribution in [0.3, 0.4) is 0 Å². The van der Waals surface area contributed by atoms with Gasteiger partial charge in [-0.05, 0) is 42.8 Å². The molecule has 0 spiro atoms. The van der Waals surface area contributed by atoms with Crippen LogP contribution in [0.5, 0.6) is 0 Å². The lowest BCUT2D eigenvalue weighted by atomic mass is 10.2. The first-order chi connectivity index (χ1) is 10.0. The maximum atomic E-state index is 13.2. The molecule has 1 N–H and O–H groups in total. The predicted molar refractivity (Wildman–Crippen MR) is 79.4 cm³/mol. The summed E-state index contributed by atoms with van der Waals surface area (Å²) in [5.74, 6) is -0.0223. The first-order valence-electron chi connectivity index (χ1n) is 6.36. The summed E-state index contributed by atoms with van der Waals surface area (Å²) in [6.45, 7) is 2.36. The zero-order valence-electron chi connectivity index (χ0n) is 11.7. The first-order valence-corrected chi connectivity index (χ1v) is 7.16. The first kappa shape index (κ1) is 15.7. The Bertz CT molecular complexity index is 642. The minimum absolute atomic E-state index is 0.126. The molecule has 0 amide bonds. The van der Waals surface area contributed by atoms with Gasteiger partial charge >= 0.3 is 5.97 Å². The minimum Gasteiger partial charge on any atom is -0.463 e. The van der Waals surface area contributed by atoms with Crippen molar-refractivity contribution in [1.29, 1.82) is 0 Å². The Hall–Kier alpha value is -1.66. The highest BCUT2D eigenvalue weighted by Gasteiger charge is 2.15. The van der Waals surface area contributed by atoms with Crippen LogP contribution in [0.1, 0.15) is 34.8 Å². The second-order valence-corrected chi connectivity index (χ2v) is 5.39. The summed E-state index contributed by atoms with van der Waals surface area (Å²) in [5, 5.41) is 3.21. The number of carbonyl (C=O) groups excluding carboxylic acids is 1. The third-order valence-electron chi connectivity index (χ3n) is 3.05. The molecule has 1 heterocycles. The SMILES string of the molecule is COC(=O)c1ccc(C(C)NCc2cc(F)ccc2Br)o1. The lowest BCUT2D eigenvalue weighted by molar-refractivity contribution is 0.0562. The molecule has 4 nitrogen and oxygen atoms in total. The van der Waals surface area contributed by atoms with Gasteiger partial charge in [0.15, 0.2) is 0 Å². The molecule has 0 bridgehead atoms. The van der Waals surface area contributed by atoms with E-state index in [1.807, 2.05) is 6.92 Å². The third kappa shape index (κ3) is 3.92. The number of methoxy groups -OCH3 is 1. The molecule has 0 aliphatic heterocycles. The average Bonchev–Trinajstić information content (AvgIpc) is 2.97. The van der Waals surface area contributed by atoms with Crippen molar-refractivity contribution in [1.82, 2.24) is 5.32 Å². The maximum absolute atomic E-state index is 13.2. The molecule has 0 aliphatic rings. The van der Waals surface area contributed by atoms with Crippen LogP contribution < -0.4 is 5.32 Å². The minimum atomic E-state index is -0.513. The normalized spacial score (nSPS) is 12.2. The molecule has 1 aromatic carbocycles. The van der Waals surface area contributed by atoms with Crippen molar-refractivity contribution < 1.29 is 18.3 Å². The fourth-order valence-electron chi connectivity index (χ4n) is 1.84. The van der Waals surface area contributed by atoms with Gasteiger partial charge < -0.3 is 14.5 Å². The second-order valence-electron chi connectivity index (χ2n) is 4.53. The van der Waals surface area contributed by atoms with Crippen LogP contribution in [0.4, 0.5) is 4.39 Å². The molecule has 0 saturated heterocycles. The van der Waals surface area contributed by atoms with E-state index in [4.69, 9.17) is 4.42 Å². The average molecular weight is 356 g/mol. The number of esters is 1. The van der Waals surface area contributed by atoms with Gasteiger partial charge in [0.1, 0.15) is 11.6 Å². The molecular weight excluding hydrogens is 341 g/mol. The van der Waals surface area contributed by atoms with Crippen molar-refractivity contribution in [2.45, 2.75) is 19.5 Å². The number of hydrogen-bond acceptors (Lipinski definition) is 4. The van der Waals surface area contributed by atoms with E-state index in [0.717, 1.165) is 10.0 Å². The zero-order valence-corrected chi connectivity index (χ0v) is 13.2. The van der Waals surface area contributed by atoms with E-state index in [9.17, 15) is 9.18 Å². The molecule has 1 aromatic heterocycles. The van der Waals surface area contributed by atoms with Crippen LogP contribution in [0.25, 0.3) is 0 Å². The molecule has 0 fully saturated rings. The van der Waals surface area contributed by atoms with E-state index >= 15 is 0 Å². The van der Waals surface area contributed by atoms with Crippen LogP contribution in [0, 0.1) is 5.82 Å². The van der Waals surface area contributed by atoms with Crippen molar-refractivity contribution in [2.24, 2.45) is 0 Å². The topological polar surface area (TPSA) is 51.5 Å². The van der Waals surface area contributed by atoms with Crippen LogP contribution in [-0.2, 0) is 11.3 Å². The van der Waals surface area contributed by atoms with E-state index < -0.39 is 5.97 Å². The molecule has 0 saturated carbocycles. The highest BCUT2D eigenvalue weighted by molar-refractivity contribution is 9.10. The second kappa shape index (κ2) is 6.87. The summed E-state index contributed by atoms with van der Waals surface area (Å²) in [6, 6.07) is 7.68. The summed E-state index contributed by atoms with van der Waals surface area (Å²) >= 11 is 3.38. The van der Waals surface area contributed by atoms with Gasteiger partial charge in [-0.1, -0.05) is 15.9 Å². The summed E-state index contributed by atoms with van der Waals surface area (Å²) < 4.78 is 24.0. The molecule has 6 heteroatoms. The highest BCUT2D eigenvalue weighted by Crippen LogP contribution is 2.21. The fourth-order valence-corrected chi connectivity index (χ4v) is 2.23. The smallest absolute Gasteiger partial charge is 0.373 e. The number of nitrogens with one attached hydrogen (secondary N) is 1. The number of furan rings is 1. The zero-order chi connectivity index (χ0) is 15.4. The van der Waals surface area contributed by atoms with Gasteiger partial charge in [0.2, 0.25) is 5.76 Å². The Labute approximate surface area is 130 Å². The summed E-state index contributed by atoms with van der Waals surface area (Å²) in [4.78, 5) is 11.3. The highest BCUT2D eigenvalue weighted by atomic mass is 79.9. The molecule has 0 radical (unpaired) electrons. The Morgan fingerprint density at radius 1 is 1.43 bits per heavy atom. The van der Waals surface area contributed by atoms with Crippen LogP contribution in [-0.4, -0.2) is 13.1 Å². The van der Waals surface area contributed by atoms with E-state index in [1.165, 1.54) is 19.2 Å². The molecule has 2 aromatic rings. The summed E-state index contributed by atoms with van der Waals surface area (Å²) in [6.07, 6.45) is 0. The Balaban J connectivity index is 2.01. The van der Waals surface area contributed by atoms with Crippen LogP contribution >= 0.6 is 15.9 Å². The largest absolute Gasteiger partial charge is 0.463 e. The van der Waals surface area contributed by atoms with Crippen molar-refractivity contribution in [3.8, 4) is 0 Å². The number of carbonyl (C=O) groups is 1. The Kier molecular flexibility index (Phi) is 5.14. The number of halogens is 2. The van der Waals surface area contributed by atoms with Crippen molar-refractivity contribution >= 4 is 21.9 Å². The van der Waals surface area contributed by atoms with E-state index in [1.54, 1.807) is 18.2 Å². The lowest BCUT2D eigenvalue weighted by Gasteiger charge is -2.12. The van der Waals surface area contributed by atoms with E-state index in [0.29, 0.717) is 12.3 Å². The molecule has 2 rings (SSSR count). The number of rotatable bonds is 5. The van der Waals surface area contributed by atoms with Gasteiger partial charge in [-0.25, -0.2) is 9.18 Å². The molecule has 1 atom stereocenters. The van der Waals surface area contributed by atoms with Gasteiger partial charge in [-0.3, -0.25) is 0 Å². The van der Waals surface area contributed by atoms with Crippen LogP contribution in [0.15, 0.2) is 39.2 Å². The standard InChI is InChI=1S/C15H15BrFNO3/c1-9(13-5-6-14(21-13)15(19)20-2)18-8-10-7-11(17)3-4-12(10)16/h3-7,9,18H,8H2,1-2H3. The van der Waals surface area contributed by atoms with E-state index in [2.05, 4.69) is 26.0 Å². The fraction of sp³-hybridized carbons (Fsp3) is 0.267. The van der Waals surface area contributed by atoms with E-state index in [-0.39, 0.29) is 17.6 Å². The van der Waals surface area contributed by atoms with Crippen LogP contribution in [0.2, 0.25) is 0 Å². The number of hydrogen-bond donors (Lipinski definition) is 1. The monoisotopic (exact) mass is 355 g/mol. The Morgan fingerprint density at radius 2 is 2.19 bits per heavy atom. The quantitative estimate of drug-likeness (QED) is 0.828. The molecule has 0 aliphatic carbocycles. The van der Waals surface area contributed by atoms with Gasteiger partial charge in [0, 0.05) is 11.0 Å². The van der Waals surface area contributed by atoms with Gasteiger partial charge in [-0.15, -0.1) is 0 Å². The predicted octanol–water partition coefficient (Wildman–Crippen LogP) is 3.82. The lowest BCUT2D eigenvalue weighted by Crippen LogP contribution is -2.18. The number of ether oxygens (including phenoxy) is 1. The summed E-state index contributed by atoms with van der Waals surface area (Å²) in [7, 11) is 1.30. The van der Waals surface area contributed by atoms with Crippen molar-refractivity contribution in [3.63, 3.8) is 0 Å². The molecule has 21 heavy (non-hydrogen) atoms. The summed E-state index contributed by atoms with van der Waals surface area (Å²) in [5.41, 5.74) is 0.807. The Morgan fingerprint density at radius 3 is 2.90 bits per heavy atom. The van der Waals surface area contributed by atoms with Crippen molar-refractivity contribution in [2.75, 3.05) is 7.11 Å². The number of benzene rings is 1. The third-order valence-corrected chi connectivity index (χ3v) is 3.82. The van der Waals surface area contributed by atoms with Gasteiger partial charge in [-0.2, -0.15) is 0 Å². The van der Waals surface area contributed by atoms with Gasteiger partial charge in [0.05, 0.1) is 13.2 Å².